The third-order valence-corrected chi connectivity index (χ3v) is 5.59. The van der Waals surface area contributed by atoms with E-state index in [0.29, 0.717) is 47.0 Å². The fourth-order valence-electron chi connectivity index (χ4n) is 4.03. The maximum atomic E-state index is 13.0. The topological polar surface area (TPSA) is 113 Å². The molecular formula is C24H23N3O5. The molecule has 3 N–H and O–H groups in total. The molecule has 164 valence electrons. The average molecular weight is 433 g/mol. The second kappa shape index (κ2) is 7.42. The summed E-state index contributed by atoms with van der Waals surface area (Å²) in [4.78, 5) is 17.7. The Morgan fingerprint density at radius 1 is 1.22 bits per heavy atom. The first-order chi connectivity index (χ1) is 15.4. The first kappa shape index (κ1) is 20.1. The fourth-order valence-corrected chi connectivity index (χ4v) is 4.03. The molecule has 4 aromatic rings. The van der Waals surface area contributed by atoms with Crippen LogP contribution in [0.1, 0.15) is 35.5 Å². The van der Waals surface area contributed by atoms with Crippen LogP contribution in [0.25, 0.3) is 22.6 Å². The van der Waals surface area contributed by atoms with Gasteiger partial charge in [0.2, 0.25) is 11.5 Å². The van der Waals surface area contributed by atoms with Crippen molar-refractivity contribution in [2.24, 2.45) is 0 Å². The van der Waals surface area contributed by atoms with Crippen molar-refractivity contribution in [1.82, 2.24) is 4.98 Å². The van der Waals surface area contributed by atoms with Crippen LogP contribution in [0.3, 0.4) is 0 Å². The number of aromatic nitrogens is 1. The molecule has 0 aliphatic carbocycles. The number of fused-ring (bicyclic) bond motifs is 3. The van der Waals surface area contributed by atoms with Crippen molar-refractivity contribution < 1.29 is 23.1 Å². The monoisotopic (exact) mass is 433 g/mol. The summed E-state index contributed by atoms with van der Waals surface area (Å²) in [5.41, 5.74) is 9.64. The van der Waals surface area contributed by atoms with Gasteiger partial charge in [0, 0.05) is 23.7 Å². The molecule has 3 aromatic heterocycles. The van der Waals surface area contributed by atoms with E-state index in [9.17, 15) is 4.79 Å². The van der Waals surface area contributed by atoms with Crippen molar-refractivity contribution in [3.8, 4) is 17.2 Å². The molecule has 0 spiro atoms. The Hall–Kier alpha value is -3.78. The van der Waals surface area contributed by atoms with Gasteiger partial charge in [-0.15, -0.1) is 0 Å². The summed E-state index contributed by atoms with van der Waals surface area (Å²) >= 11 is 0. The van der Waals surface area contributed by atoms with E-state index in [4.69, 9.17) is 24.0 Å². The molecule has 0 saturated heterocycles. The molecule has 0 fully saturated rings. The fraction of sp³-hybridized carbons (Fsp3) is 0.250. The third-order valence-electron chi connectivity index (χ3n) is 5.59. The minimum atomic E-state index is -0.464. The Balaban J connectivity index is 1.63. The predicted molar refractivity (Wildman–Crippen MR) is 120 cm³/mol. The van der Waals surface area contributed by atoms with Gasteiger partial charge < -0.3 is 29.4 Å². The van der Waals surface area contributed by atoms with Gasteiger partial charge in [-0.1, -0.05) is 6.07 Å². The molecular weight excluding hydrogens is 410 g/mol. The maximum Gasteiger partial charge on any atom is 0.293 e. The molecule has 8 heteroatoms. The number of nitrogens with two attached hydrogens (primary N) is 1. The second-order valence-corrected chi connectivity index (χ2v) is 8.33. The van der Waals surface area contributed by atoms with Crippen LogP contribution >= 0.6 is 0 Å². The molecule has 0 unspecified atom stereocenters. The number of rotatable bonds is 4. The Labute approximate surface area is 184 Å². The maximum absolute atomic E-state index is 13.0. The zero-order valence-corrected chi connectivity index (χ0v) is 18.0. The molecule has 1 amide bonds. The molecule has 4 heterocycles. The lowest BCUT2D eigenvalue weighted by Crippen LogP contribution is -2.32. The lowest BCUT2D eigenvalue weighted by atomic mass is 9.88. The van der Waals surface area contributed by atoms with Crippen molar-refractivity contribution >= 4 is 28.4 Å². The first-order valence-electron chi connectivity index (χ1n) is 10.2. The van der Waals surface area contributed by atoms with Crippen LogP contribution in [0, 0.1) is 0 Å². The van der Waals surface area contributed by atoms with Crippen molar-refractivity contribution in [1.29, 1.82) is 0 Å². The van der Waals surface area contributed by atoms with E-state index in [1.54, 1.807) is 43.7 Å². The summed E-state index contributed by atoms with van der Waals surface area (Å²) in [6, 6.07) is 10.7. The van der Waals surface area contributed by atoms with Crippen LogP contribution in [-0.4, -0.2) is 23.6 Å². The molecule has 0 atom stereocenters. The van der Waals surface area contributed by atoms with E-state index in [1.807, 2.05) is 19.9 Å². The Kier molecular flexibility index (Phi) is 4.67. The van der Waals surface area contributed by atoms with E-state index in [-0.39, 0.29) is 11.4 Å². The predicted octanol–water partition coefficient (Wildman–Crippen LogP) is 4.78. The summed E-state index contributed by atoms with van der Waals surface area (Å²) in [6.45, 7) is 4.39. The van der Waals surface area contributed by atoms with Crippen molar-refractivity contribution in [3.63, 3.8) is 0 Å². The number of nitrogen functional groups attached to an aromatic ring is 1. The van der Waals surface area contributed by atoms with E-state index in [0.717, 1.165) is 11.1 Å². The summed E-state index contributed by atoms with van der Waals surface area (Å²) in [5.74, 6) is 0.775. The number of pyridine rings is 1. The Bertz CT molecular complexity index is 1320. The highest BCUT2D eigenvalue weighted by atomic mass is 16.5. The van der Waals surface area contributed by atoms with Crippen LogP contribution in [-0.2, 0) is 17.8 Å². The molecule has 1 aliphatic rings. The highest BCUT2D eigenvalue weighted by Gasteiger charge is 2.34. The number of benzene rings is 1. The minimum Gasteiger partial charge on any atom is -0.497 e. The van der Waals surface area contributed by atoms with Crippen molar-refractivity contribution in [2.45, 2.75) is 32.5 Å². The van der Waals surface area contributed by atoms with Gasteiger partial charge in [0.1, 0.15) is 11.4 Å². The van der Waals surface area contributed by atoms with Gasteiger partial charge in [-0.05, 0) is 43.7 Å². The van der Waals surface area contributed by atoms with Crippen LogP contribution < -0.4 is 15.8 Å². The minimum absolute atomic E-state index is 0.0124. The van der Waals surface area contributed by atoms with Gasteiger partial charge in [-0.3, -0.25) is 4.79 Å². The number of methoxy groups -OCH3 is 1. The van der Waals surface area contributed by atoms with E-state index < -0.39 is 11.5 Å². The molecule has 0 bridgehead atoms. The zero-order chi connectivity index (χ0) is 22.5. The molecule has 5 rings (SSSR count). The number of hydrogen-bond acceptors (Lipinski definition) is 7. The number of carbonyl (C=O) groups excluding carboxylic acids is 1. The Morgan fingerprint density at radius 2 is 2.06 bits per heavy atom. The second-order valence-electron chi connectivity index (χ2n) is 8.33. The molecule has 0 radical (unpaired) electrons. The highest BCUT2D eigenvalue weighted by Crippen LogP contribution is 2.41. The van der Waals surface area contributed by atoms with Crippen LogP contribution in [0.2, 0.25) is 0 Å². The summed E-state index contributed by atoms with van der Waals surface area (Å²) in [5, 5.41) is 3.45. The molecule has 8 nitrogen and oxygen atoms in total. The highest BCUT2D eigenvalue weighted by molar-refractivity contribution is 6.11. The van der Waals surface area contributed by atoms with Crippen LogP contribution in [0.4, 0.5) is 11.4 Å². The SMILES string of the molecule is COc1cccc(NC(=O)c2oc3nc(-c4ccco4)c4c(c3c2N)CC(C)(C)OC4)c1. The van der Waals surface area contributed by atoms with E-state index in [1.165, 1.54) is 0 Å². The third kappa shape index (κ3) is 3.38. The molecule has 1 aliphatic heterocycles. The number of carbonyl (C=O) groups is 1. The zero-order valence-electron chi connectivity index (χ0n) is 18.0. The number of ether oxygens (including phenoxy) is 2. The van der Waals surface area contributed by atoms with E-state index >= 15 is 0 Å². The largest absolute Gasteiger partial charge is 0.497 e. The number of anilines is 2. The van der Waals surface area contributed by atoms with Crippen LogP contribution in [0.5, 0.6) is 5.75 Å². The summed E-state index contributed by atoms with van der Waals surface area (Å²) in [6.07, 6.45) is 2.18. The quantitative estimate of drug-likeness (QED) is 0.476. The van der Waals surface area contributed by atoms with Gasteiger partial charge in [0.15, 0.2) is 5.76 Å². The van der Waals surface area contributed by atoms with Crippen molar-refractivity contribution in [3.05, 3.63) is 59.5 Å². The van der Waals surface area contributed by atoms with E-state index in [2.05, 4.69) is 10.3 Å². The normalized spacial score (nSPS) is 14.8. The van der Waals surface area contributed by atoms with Gasteiger partial charge in [0.25, 0.3) is 5.91 Å². The van der Waals surface area contributed by atoms with Gasteiger partial charge >= 0.3 is 0 Å². The lowest BCUT2D eigenvalue weighted by molar-refractivity contribution is -0.0395. The summed E-state index contributed by atoms with van der Waals surface area (Å²) < 4.78 is 22.7. The van der Waals surface area contributed by atoms with Gasteiger partial charge in [0.05, 0.1) is 36.7 Å². The number of hydrogen-bond donors (Lipinski definition) is 2. The molecule has 32 heavy (non-hydrogen) atoms. The standard InChI is InChI=1S/C24H23N3O5/c1-24(2)11-15-16(12-31-24)20(17-8-5-9-30-17)27-23-18(15)19(25)21(32-23)22(28)26-13-6-4-7-14(10-13)29-3/h4-10H,11-12,25H2,1-3H3,(H,26,28). The van der Waals surface area contributed by atoms with Gasteiger partial charge in [-0.2, -0.15) is 0 Å². The summed E-state index contributed by atoms with van der Waals surface area (Å²) in [7, 11) is 1.56. The molecule has 0 saturated carbocycles. The first-order valence-corrected chi connectivity index (χ1v) is 10.2. The Morgan fingerprint density at radius 3 is 2.81 bits per heavy atom. The number of amides is 1. The number of nitrogens with zero attached hydrogens (tertiary/aromatic N) is 1. The number of nitrogens with one attached hydrogen (secondary N) is 1. The lowest BCUT2D eigenvalue weighted by Gasteiger charge is -2.32. The smallest absolute Gasteiger partial charge is 0.293 e. The number of furan rings is 2. The van der Waals surface area contributed by atoms with Gasteiger partial charge in [-0.25, -0.2) is 4.98 Å². The van der Waals surface area contributed by atoms with Crippen LogP contribution in [0.15, 0.2) is 51.5 Å². The molecule has 1 aromatic carbocycles. The van der Waals surface area contributed by atoms with Crippen molar-refractivity contribution in [2.75, 3.05) is 18.2 Å². The average Bonchev–Trinajstić information content (AvgIpc) is 3.41.